The normalized spacial score (nSPS) is 29.1. The third-order valence-electron chi connectivity index (χ3n) is 3.58. The molecule has 1 heterocycles. The van der Waals surface area contributed by atoms with E-state index in [0.717, 1.165) is 18.9 Å². The average Bonchev–Trinajstić information content (AvgIpc) is 2.98. The molecule has 1 atom stereocenters. The molecule has 1 saturated heterocycles. The highest BCUT2D eigenvalue weighted by Crippen LogP contribution is 2.33. The molecule has 1 unspecified atom stereocenters. The van der Waals surface area contributed by atoms with Crippen molar-refractivity contribution in [3.8, 4) is 0 Å². The van der Waals surface area contributed by atoms with Gasteiger partial charge in [-0.25, -0.2) is 8.42 Å². The fourth-order valence-corrected chi connectivity index (χ4v) is 3.95. The van der Waals surface area contributed by atoms with Gasteiger partial charge >= 0.3 is 5.97 Å². The van der Waals surface area contributed by atoms with Gasteiger partial charge in [-0.3, -0.25) is 9.69 Å². The van der Waals surface area contributed by atoms with E-state index in [1.165, 1.54) is 12.8 Å². The molecule has 0 aromatic rings. The van der Waals surface area contributed by atoms with Gasteiger partial charge in [-0.15, -0.1) is 0 Å². The minimum Gasteiger partial charge on any atom is -0.481 e. The monoisotopic (exact) mass is 261 g/mol. The van der Waals surface area contributed by atoms with E-state index >= 15 is 0 Å². The highest BCUT2D eigenvalue weighted by atomic mass is 32.2. The number of nitrogens with zero attached hydrogens (tertiary/aromatic N) is 1. The molecule has 1 aliphatic carbocycles. The van der Waals surface area contributed by atoms with E-state index in [4.69, 9.17) is 5.11 Å². The van der Waals surface area contributed by atoms with Crippen LogP contribution in [0.15, 0.2) is 0 Å². The second kappa shape index (κ2) is 4.94. The molecule has 2 rings (SSSR count). The number of carboxylic acids is 1. The maximum Gasteiger partial charge on any atom is 0.304 e. The SMILES string of the molecule is O=C(O)CC1CS(=O)(=O)CCN1CCC1CC1. The Morgan fingerprint density at radius 3 is 2.65 bits per heavy atom. The van der Waals surface area contributed by atoms with E-state index in [9.17, 15) is 13.2 Å². The zero-order valence-electron chi connectivity index (χ0n) is 9.84. The lowest BCUT2D eigenvalue weighted by molar-refractivity contribution is -0.138. The van der Waals surface area contributed by atoms with E-state index < -0.39 is 15.8 Å². The van der Waals surface area contributed by atoms with Crippen LogP contribution in [0.2, 0.25) is 0 Å². The van der Waals surface area contributed by atoms with Gasteiger partial charge in [0.1, 0.15) is 0 Å². The molecule has 0 aromatic carbocycles. The van der Waals surface area contributed by atoms with E-state index in [-0.39, 0.29) is 24.0 Å². The van der Waals surface area contributed by atoms with E-state index in [0.29, 0.717) is 6.54 Å². The Balaban J connectivity index is 1.93. The van der Waals surface area contributed by atoms with E-state index in [1.807, 2.05) is 4.90 Å². The first-order valence-corrected chi connectivity index (χ1v) is 7.95. The van der Waals surface area contributed by atoms with Gasteiger partial charge in [0.05, 0.1) is 17.9 Å². The number of aliphatic carboxylic acids is 1. The predicted octanol–water partition coefficient (Wildman–Crippen LogP) is 0.360. The van der Waals surface area contributed by atoms with Crippen molar-refractivity contribution in [3.05, 3.63) is 0 Å². The summed E-state index contributed by atoms with van der Waals surface area (Å²) in [5, 5.41) is 8.82. The van der Waals surface area contributed by atoms with Crippen molar-refractivity contribution in [1.82, 2.24) is 4.90 Å². The van der Waals surface area contributed by atoms with Crippen LogP contribution in [0.25, 0.3) is 0 Å². The van der Waals surface area contributed by atoms with Crippen LogP contribution in [-0.2, 0) is 14.6 Å². The number of hydrogen-bond donors (Lipinski definition) is 1. The van der Waals surface area contributed by atoms with Crippen molar-refractivity contribution in [2.75, 3.05) is 24.6 Å². The van der Waals surface area contributed by atoms with Crippen LogP contribution in [0, 0.1) is 5.92 Å². The Morgan fingerprint density at radius 2 is 2.06 bits per heavy atom. The van der Waals surface area contributed by atoms with Crippen LogP contribution in [0.4, 0.5) is 0 Å². The summed E-state index contributed by atoms with van der Waals surface area (Å²) >= 11 is 0. The lowest BCUT2D eigenvalue weighted by atomic mass is 10.1. The highest BCUT2D eigenvalue weighted by Gasteiger charge is 2.33. The van der Waals surface area contributed by atoms with Crippen LogP contribution < -0.4 is 0 Å². The minimum atomic E-state index is -3.04. The van der Waals surface area contributed by atoms with Gasteiger partial charge in [-0.1, -0.05) is 12.8 Å². The average molecular weight is 261 g/mol. The molecule has 1 N–H and O–H groups in total. The summed E-state index contributed by atoms with van der Waals surface area (Å²) in [7, 11) is -3.04. The fourth-order valence-electron chi connectivity index (χ4n) is 2.36. The zero-order valence-corrected chi connectivity index (χ0v) is 10.7. The van der Waals surface area contributed by atoms with Crippen molar-refractivity contribution in [2.45, 2.75) is 31.7 Å². The molecule has 6 heteroatoms. The third kappa shape index (κ3) is 3.96. The van der Waals surface area contributed by atoms with Gasteiger partial charge in [0, 0.05) is 12.6 Å². The van der Waals surface area contributed by atoms with E-state index in [1.54, 1.807) is 0 Å². The van der Waals surface area contributed by atoms with Crippen LogP contribution in [0.3, 0.4) is 0 Å². The first kappa shape index (κ1) is 12.8. The number of rotatable bonds is 5. The fraction of sp³-hybridized carbons (Fsp3) is 0.909. The zero-order chi connectivity index (χ0) is 12.5. The van der Waals surface area contributed by atoms with Crippen molar-refractivity contribution in [1.29, 1.82) is 0 Å². The first-order valence-electron chi connectivity index (χ1n) is 6.12. The molecule has 0 radical (unpaired) electrons. The Bertz CT molecular complexity index is 388. The van der Waals surface area contributed by atoms with Gasteiger partial charge in [0.25, 0.3) is 0 Å². The molecule has 0 aromatic heterocycles. The molecule has 5 nitrogen and oxygen atoms in total. The number of carbonyl (C=O) groups is 1. The molecule has 1 saturated carbocycles. The van der Waals surface area contributed by atoms with Crippen LogP contribution >= 0.6 is 0 Å². The lowest BCUT2D eigenvalue weighted by Gasteiger charge is -2.34. The van der Waals surface area contributed by atoms with Crippen molar-refractivity contribution in [3.63, 3.8) is 0 Å². The smallest absolute Gasteiger partial charge is 0.304 e. The van der Waals surface area contributed by atoms with Gasteiger partial charge < -0.3 is 5.11 Å². The summed E-state index contributed by atoms with van der Waals surface area (Å²) in [5.74, 6) is 0.0557. The Morgan fingerprint density at radius 1 is 1.35 bits per heavy atom. The quantitative estimate of drug-likeness (QED) is 0.773. The number of carboxylic acid groups (broad SMARTS) is 1. The van der Waals surface area contributed by atoms with Crippen molar-refractivity contribution < 1.29 is 18.3 Å². The molecule has 0 bridgehead atoms. The maximum atomic E-state index is 11.5. The minimum absolute atomic E-state index is 0.00394. The lowest BCUT2D eigenvalue weighted by Crippen LogP contribution is -2.49. The molecule has 17 heavy (non-hydrogen) atoms. The first-order chi connectivity index (χ1) is 7.96. The van der Waals surface area contributed by atoms with Crippen LogP contribution in [0.5, 0.6) is 0 Å². The van der Waals surface area contributed by atoms with Gasteiger partial charge in [0.15, 0.2) is 9.84 Å². The largest absolute Gasteiger partial charge is 0.481 e. The highest BCUT2D eigenvalue weighted by molar-refractivity contribution is 7.91. The van der Waals surface area contributed by atoms with Gasteiger partial charge in [0.2, 0.25) is 0 Å². The van der Waals surface area contributed by atoms with Crippen molar-refractivity contribution >= 4 is 15.8 Å². The third-order valence-corrected chi connectivity index (χ3v) is 5.28. The predicted molar refractivity (Wildman–Crippen MR) is 63.6 cm³/mol. The van der Waals surface area contributed by atoms with Crippen LogP contribution in [-0.4, -0.2) is 55.0 Å². The molecule has 1 aliphatic heterocycles. The molecule has 0 spiro atoms. The summed E-state index contributed by atoms with van der Waals surface area (Å²) in [6, 6.07) is -0.329. The van der Waals surface area contributed by atoms with E-state index in [2.05, 4.69) is 0 Å². The van der Waals surface area contributed by atoms with Gasteiger partial charge in [-0.05, 0) is 18.9 Å². The molecular formula is C11H19NO4S. The second-order valence-corrected chi connectivity index (χ2v) is 7.36. The topological polar surface area (TPSA) is 74.7 Å². The Hall–Kier alpha value is -0.620. The molecule has 0 amide bonds. The van der Waals surface area contributed by atoms with Gasteiger partial charge in [-0.2, -0.15) is 0 Å². The standard InChI is InChI=1S/C11H19NO4S/c13-11(14)7-10-8-17(15,16)6-5-12(10)4-3-9-1-2-9/h9-10H,1-8H2,(H,13,14). The summed E-state index contributed by atoms with van der Waals surface area (Å²) < 4.78 is 23.0. The molecule has 98 valence electrons. The molecular weight excluding hydrogens is 242 g/mol. The summed E-state index contributed by atoms with van der Waals surface area (Å²) in [6.45, 7) is 1.34. The maximum absolute atomic E-state index is 11.5. The Kier molecular flexibility index (Phi) is 3.73. The molecule has 2 aliphatic rings. The summed E-state index contributed by atoms with van der Waals surface area (Å²) in [6.07, 6.45) is 3.56. The second-order valence-electron chi connectivity index (χ2n) is 5.13. The Labute approximate surface area is 102 Å². The number of hydrogen-bond acceptors (Lipinski definition) is 4. The summed E-state index contributed by atoms with van der Waals surface area (Å²) in [4.78, 5) is 12.8. The van der Waals surface area contributed by atoms with Crippen LogP contribution in [0.1, 0.15) is 25.7 Å². The molecule has 2 fully saturated rings. The number of sulfone groups is 1. The summed E-state index contributed by atoms with van der Waals surface area (Å²) in [5.41, 5.74) is 0. The van der Waals surface area contributed by atoms with Crippen molar-refractivity contribution in [2.24, 2.45) is 5.92 Å².